The van der Waals surface area contributed by atoms with Crippen molar-refractivity contribution in [3.63, 3.8) is 0 Å². The lowest BCUT2D eigenvalue weighted by Crippen LogP contribution is -2.13. The van der Waals surface area contributed by atoms with E-state index in [0.717, 1.165) is 0 Å². The van der Waals surface area contributed by atoms with E-state index in [1.54, 1.807) is 18.2 Å². The van der Waals surface area contributed by atoms with Crippen molar-refractivity contribution in [2.45, 2.75) is 0 Å². The van der Waals surface area contributed by atoms with Gasteiger partial charge in [-0.05, 0) is 0 Å². The minimum atomic E-state index is -0.627. The van der Waals surface area contributed by atoms with Gasteiger partial charge in [-0.25, -0.2) is 4.79 Å². The second-order valence-electron chi connectivity index (χ2n) is 3.01. The van der Waals surface area contributed by atoms with Crippen LogP contribution in [0.5, 0.6) is 11.5 Å². The van der Waals surface area contributed by atoms with Crippen LogP contribution in [0.15, 0.2) is 18.2 Å². The molecule has 0 spiro atoms. The van der Waals surface area contributed by atoms with Crippen LogP contribution >= 0.6 is 0 Å². The van der Waals surface area contributed by atoms with Gasteiger partial charge in [0.2, 0.25) is 0 Å². The summed E-state index contributed by atoms with van der Waals surface area (Å²) in [5.74, 6) is 3.33. The summed E-state index contributed by atoms with van der Waals surface area (Å²) in [6, 6.07) is 4.97. The maximum absolute atomic E-state index is 11.3. The molecule has 1 aromatic rings. The Hall–Kier alpha value is -2.35. The number of benzene rings is 1. The van der Waals surface area contributed by atoms with Gasteiger partial charge in [-0.1, -0.05) is 5.92 Å². The van der Waals surface area contributed by atoms with Crippen molar-refractivity contribution < 1.29 is 19.0 Å². The van der Waals surface area contributed by atoms with Gasteiger partial charge >= 0.3 is 6.09 Å². The first kappa shape index (κ1) is 12.7. The van der Waals surface area contributed by atoms with Crippen LogP contribution in [0.25, 0.3) is 0 Å². The summed E-state index contributed by atoms with van der Waals surface area (Å²) in [7, 11) is 3.05. The van der Waals surface area contributed by atoms with Crippen molar-refractivity contribution in [2.24, 2.45) is 0 Å². The van der Waals surface area contributed by atoms with Crippen molar-refractivity contribution in [1.82, 2.24) is 0 Å². The average molecular weight is 235 g/mol. The number of anilines is 1. The molecule has 17 heavy (non-hydrogen) atoms. The molecule has 5 heteroatoms. The Labute approximate surface area is 99.7 Å². The van der Waals surface area contributed by atoms with Crippen LogP contribution in [0, 0.1) is 12.3 Å². The molecule has 0 saturated heterocycles. The van der Waals surface area contributed by atoms with E-state index in [1.807, 2.05) is 0 Å². The highest BCUT2D eigenvalue weighted by Gasteiger charge is 2.06. The second kappa shape index (κ2) is 6.28. The zero-order valence-corrected chi connectivity index (χ0v) is 9.65. The van der Waals surface area contributed by atoms with E-state index < -0.39 is 6.09 Å². The number of ether oxygens (including phenoxy) is 3. The number of amides is 1. The summed E-state index contributed by atoms with van der Waals surface area (Å²) in [5.41, 5.74) is 0.503. The van der Waals surface area contributed by atoms with Gasteiger partial charge in [0.1, 0.15) is 11.5 Å². The summed E-state index contributed by atoms with van der Waals surface area (Å²) in [5, 5.41) is 2.51. The summed E-state index contributed by atoms with van der Waals surface area (Å²) in [6.07, 6.45) is 4.34. The molecule has 1 rings (SSSR count). The number of methoxy groups -OCH3 is 2. The highest BCUT2D eigenvalue weighted by Crippen LogP contribution is 2.25. The number of terminal acetylenes is 1. The molecule has 0 saturated carbocycles. The molecule has 0 fully saturated rings. The van der Waals surface area contributed by atoms with Crippen LogP contribution in [-0.4, -0.2) is 26.9 Å². The molecule has 1 amide bonds. The van der Waals surface area contributed by atoms with E-state index in [2.05, 4.69) is 16.0 Å². The smallest absolute Gasteiger partial charge is 0.412 e. The van der Waals surface area contributed by atoms with E-state index in [1.165, 1.54) is 14.2 Å². The lowest BCUT2D eigenvalue weighted by atomic mass is 10.3. The van der Waals surface area contributed by atoms with Crippen LogP contribution < -0.4 is 14.8 Å². The molecular weight excluding hydrogens is 222 g/mol. The lowest BCUT2D eigenvalue weighted by molar-refractivity contribution is 0.176. The third-order valence-corrected chi connectivity index (χ3v) is 1.88. The minimum Gasteiger partial charge on any atom is -0.497 e. The van der Waals surface area contributed by atoms with Gasteiger partial charge in [0.05, 0.1) is 19.9 Å². The normalized spacial score (nSPS) is 9.00. The third-order valence-electron chi connectivity index (χ3n) is 1.88. The summed E-state index contributed by atoms with van der Waals surface area (Å²) >= 11 is 0. The Morgan fingerprint density at radius 1 is 1.29 bits per heavy atom. The van der Waals surface area contributed by atoms with E-state index in [4.69, 9.17) is 15.9 Å². The molecule has 0 radical (unpaired) electrons. The SMILES string of the molecule is C#CCOC(=O)Nc1cc(OC)cc(OC)c1. The standard InChI is InChI=1S/C12H13NO4/c1-4-5-17-12(14)13-9-6-10(15-2)8-11(7-9)16-3/h1,6-8H,5H2,2-3H3,(H,13,14). The highest BCUT2D eigenvalue weighted by molar-refractivity contribution is 5.85. The maximum atomic E-state index is 11.3. The fourth-order valence-corrected chi connectivity index (χ4v) is 1.14. The van der Waals surface area contributed by atoms with Gasteiger partial charge in [-0.2, -0.15) is 0 Å². The molecule has 0 aliphatic rings. The van der Waals surface area contributed by atoms with Crippen LogP contribution in [0.3, 0.4) is 0 Å². The van der Waals surface area contributed by atoms with E-state index in [0.29, 0.717) is 17.2 Å². The monoisotopic (exact) mass is 235 g/mol. The average Bonchev–Trinajstić information content (AvgIpc) is 2.35. The summed E-state index contributed by atoms with van der Waals surface area (Å²) in [6.45, 7) is -0.0765. The topological polar surface area (TPSA) is 56.8 Å². The van der Waals surface area contributed by atoms with E-state index in [9.17, 15) is 4.79 Å². The zero-order valence-electron chi connectivity index (χ0n) is 9.65. The van der Waals surface area contributed by atoms with E-state index in [-0.39, 0.29) is 6.61 Å². The highest BCUT2D eigenvalue weighted by atomic mass is 16.5. The molecule has 90 valence electrons. The van der Waals surface area contributed by atoms with Gasteiger partial charge in [0.15, 0.2) is 6.61 Å². The first-order valence-corrected chi connectivity index (χ1v) is 4.80. The van der Waals surface area contributed by atoms with Gasteiger partial charge < -0.3 is 14.2 Å². The van der Waals surface area contributed by atoms with Gasteiger partial charge in [0, 0.05) is 18.2 Å². The molecular formula is C12H13NO4. The Morgan fingerprint density at radius 3 is 2.35 bits per heavy atom. The molecule has 0 bridgehead atoms. The predicted octanol–water partition coefficient (Wildman–Crippen LogP) is 1.89. The number of rotatable bonds is 4. The molecule has 0 aromatic heterocycles. The molecule has 1 aromatic carbocycles. The Bertz CT molecular complexity index is 414. The largest absolute Gasteiger partial charge is 0.497 e. The summed E-state index contributed by atoms with van der Waals surface area (Å²) < 4.78 is 14.8. The molecule has 0 atom stereocenters. The van der Waals surface area contributed by atoms with Crippen molar-refractivity contribution >= 4 is 11.8 Å². The fraction of sp³-hybridized carbons (Fsp3) is 0.250. The first-order valence-electron chi connectivity index (χ1n) is 4.80. The summed E-state index contributed by atoms with van der Waals surface area (Å²) in [4.78, 5) is 11.3. The van der Waals surface area contributed by atoms with Gasteiger partial charge in [-0.15, -0.1) is 6.42 Å². The van der Waals surface area contributed by atoms with E-state index >= 15 is 0 Å². The number of carbonyl (C=O) groups is 1. The zero-order chi connectivity index (χ0) is 12.7. The molecule has 0 aliphatic carbocycles. The molecule has 0 aliphatic heterocycles. The van der Waals surface area contributed by atoms with Crippen LogP contribution in [-0.2, 0) is 4.74 Å². The second-order valence-corrected chi connectivity index (χ2v) is 3.01. The van der Waals surface area contributed by atoms with Crippen LogP contribution in [0.4, 0.5) is 10.5 Å². The third kappa shape index (κ3) is 3.95. The molecule has 0 heterocycles. The molecule has 1 N–H and O–H groups in total. The van der Waals surface area contributed by atoms with Crippen LogP contribution in [0.2, 0.25) is 0 Å². The Morgan fingerprint density at radius 2 is 1.88 bits per heavy atom. The van der Waals surface area contributed by atoms with Crippen molar-refractivity contribution in [3.05, 3.63) is 18.2 Å². The van der Waals surface area contributed by atoms with Crippen molar-refractivity contribution in [2.75, 3.05) is 26.1 Å². The minimum absolute atomic E-state index is 0.0765. The van der Waals surface area contributed by atoms with Crippen molar-refractivity contribution in [3.8, 4) is 23.8 Å². The van der Waals surface area contributed by atoms with Crippen molar-refractivity contribution in [1.29, 1.82) is 0 Å². The number of carbonyl (C=O) groups excluding carboxylic acids is 1. The van der Waals surface area contributed by atoms with Crippen LogP contribution in [0.1, 0.15) is 0 Å². The predicted molar refractivity (Wildman–Crippen MR) is 63.3 cm³/mol. The first-order chi connectivity index (χ1) is 8.19. The number of hydrogen-bond acceptors (Lipinski definition) is 4. The van der Waals surface area contributed by atoms with Gasteiger partial charge in [-0.3, -0.25) is 5.32 Å². The van der Waals surface area contributed by atoms with Gasteiger partial charge in [0.25, 0.3) is 0 Å². The number of hydrogen-bond donors (Lipinski definition) is 1. The Balaban J connectivity index is 2.76. The number of nitrogens with one attached hydrogen (secondary N) is 1. The fourth-order valence-electron chi connectivity index (χ4n) is 1.14. The molecule has 5 nitrogen and oxygen atoms in total. The Kier molecular flexibility index (Phi) is 4.70. The quantitative estimate of drug-likeness (QED) is 0.809. The maximum Gasteiger partial charge on any atom is 0.412 e. The lowest BCUT2D eigenvalue weighted by Gasteiger charge is -2.09. The molecule has 0 unspecified atom stereocenters.